The first-order valence-electron chi connectivity index (χ1n) is 5.31. The maximum absolute atomic E-state index is 12.1. The molecule has 0 unspecified atom stereocenters. The summed E-state index contributed by atoms with van der Waals surface area (Å²) in [7, 11) is 1.25. The Labute approximate surface area is 117 Å². The Kier molecular flexibility index (Phi) is 3.96. The fraction of sp³-hybridized carbons (Fsp3) is 0.0833. The van der Waals surface area contributed by atoms with Crippen LogP contribution < -0.4 is 5.32 Å². The molecule has 1 heterocycles. The average Bonchev–Trinajstić information content (AvgIpc) is 2.86. The quantitative estimate of drug-likeness (QED) is 0.848. The third kappa shape index (κ3) is 2.82. The SMILES string of the molecule is COC(=O)c1[nH]ncc1NC(=O)c1ccccc1Br. The zero-order valence-electron chi connectivity index (χ0n) is 9.94. The minimum absolute atomic E-state index is 0.0999. The standard InChI is InChI=1S/C12H10BrN3O3/c1-19-12(18)10-9(6-14-16-10)15-11(17)7-4-2-3-5-8(7)13/h2-6H,1H3,(H,14,16)(H,15,17). The van der Waals surface area contributed by atoms with Crippen molar-refractivity contribution < 1.29 is 14.3 Å². The highest BCUT2D eigenvalue weighted by Gasteiger charge is 2.17. The summed E-state index contributed by atoms with van der Waals surface area (Å²) in [4.78, 5) is 23.5. The van der Waals surface area contributed by atoms with E-state index in [0.717, 1.165) is 0 Å². The number of aromatic nitrogens is 2. The highest BCUT2D eigenvalue weighted by molar-refractivity contribution is 9.10. The van der Waals surface area contributed by atoms with Crippen LogP contribution in [0.4, 0.5) is 5.69 Å². The number of esters is 1. The molecule has 19 heavy (non-hydrogen) atoms. The number of hydrogen-bond acceptors (Lipinski definition) is 4. The van der Waals surface area contributed by atoms with Gasteiger partial charge in [-0.1, -0.05) is 12.1 Å². The summed E-state index contributed by atoms with van der Waals surface area (Å²) in [5.41, 5.74) is 0.829. The molecule has 0 fully saturated rings. The lowest BCUT2D eigenvalue weighted by Gasteiger charge is -2.06. The number of aromatic amines is 1. The van der Waals surface area contributed by atoms with E-state index in [4.69, 9.17) is 0 Å². The Balaban J connectivity index is 2.23. The first-order chi connectivity index (χ1) is 9.13. The van der Waals surface area contributed by atoms with E-state index in [2.05, 4.69) is 36.2 Å². The molecule has 2 aromatic rings. The van der Waals surface area contributed by atoms with Crippen LogP contribution in [0, 0.1) is 0 Å². The molecule has 2 N–H and O–H groups in total. The van der Waals surface area contributed by atoms with E-state index < -0.39 is 5.97 Å². The van der Waals surface area contributed by atoms with Gasteiger partial charge in [0, 0.05) is 4.47 Å². The Morgan fingerprint density at radius 2 is 2.11 bits per heavy atom. The number of nitrogens with one attached hydrogen (secondary N) is 2. The van der Waals surface area contributed by atoms with E-state index in [1.807, 2.05) is 0 Å². The van der Waals surface area contributed by atoms with Gasteiger partial charge in [0.2, 0.25) is 0 Å². The lowest BCUT2D eigenvalue weighted by molar-refractivity contribution is 0.0595. The summed E-state index contributed by atoms with van der Waals surface area (Å²) in [6.07, 6.45) is 1.35. The van der Waals surface area contributed by atoms with E-state index >= 15 is 0 Å². The fourth-order valence-electron chi connectivity index (χ4n) is 1.47. The van der Waals surface area contributed by atoms with Crippen molar-refractivity contribution in [1.82, 2.24) is 10.2 Å². The summed E-state index contributed by atoms with van der Waals surface area (Å²) in [5, 5.41) is 8.78. The predicted molar refractivity (Wildman–Crippen MR) is 72.0 cm³/mol. The molecule has 2 rings (SSSR count). The maximum Gasteiger partial charge on any atom is 0.358 e. The van der Waals surface area contributed by atoms with Gasteiger partial charge < -0.3 is 10.1 Å². The molecule has 0 aliphatic heterocycles. The van der Waals surface area contributed by atoms with Gasteiger partial charge in [-0.15, -0.1) is 0 Å². The molecule has 1 aromatic heterocycles. The van der Waals surface area contributed by atoms with E-state index in [-0.39, 0.29) is 17.3 Å². The molecular weight excluding hydrogens is 314 g/mol. The molecular formula is C12H10BrN3O3. The van der Waals surface area contributed by atoms with Gasteiger partial charge >= 0.3 is 5.97 Å². The number of benzene rings is 1. The van der Waals surface area contributed by atoms with Gasteiger partial charge in [-0.25, -0.2) is 4.79 Å². The average molecular weight is 324 g/mol. The third-order valence-electron chi connectivity index (χ3n) is 2.40. The Morgan fingerprint density at radius 3 is 2.79 bits per heavy atom. The van der Waals surface area contributed by atoms with E-state index in [1.165, 1.54) is 13.3 Å². The molecule has 0 spiro atoms. The summed E-state index contributed by atoms with van der Waals surface area (Å²) in [6, 6.07) is 6.97. The predicted octanol–water partition coefficient (Wildman–Crippen LogP) is 2.21. The number of hydrogen-bond donors (Lipinski definition) is 2. The first kappa shape index (κ1) is 13.3. The number of halogens is 1. The number of ether oxygens (including phenoxy) is 1. The van der Waals surface area contributed by atoms with Crippen LogP contribution in [0.15, 0.2) is 34.9 Å². The minimum Gasteiger partial charge on any atom is -0.464 e. The van der Waals surface area contributed by atoms with Crippen LogP contribution in [-0.4, -0.2) is 29.2 Å². The molecule has 0 saturated carbocycles. The molecule has 0 saturated heterocycles. The number of methoxy groups -OCH3 is 1. The van der Waals surface area contributed by atoms with Gasteiger partial charge in [-0.3, -0.25) is 9.89 Å². The number of amides is 1. The van der Waals surface area contributed by atoms with E-state index in [0.29, 0.717) is 10.0 Å². The van der Waals surface area contributed by atoms with Crippen LogP contribution >= 0.6 is 15.9 Å². The Morgan fingerprint density at radius 1 is 1.37 bits per heavy atom. The van der Waals surface area contributed by atoms with Crippen LogP contribution in [0.2, 0.25) is 0 Å². The molecule has 0 aliphatic carbocycles. The van der Waals surface area contributed by atoms with Crippen LogP contribution in [0.25, 0.3) is 0 Å². The van der Waals surface area contributed by atoms with Crippen LogP contribution in [-0.2, 0) is 4.74 Å². The summed E-state index contributed by atoms with van der Waals surface area (Å²) >= 11 is 3.29. The first-order valence-corrected chi connectivity index (χ1v) is 6.10. The van der Waals surface area contributed by atoms with Crippen molar-refractivity contribution in [3.63, 3.8) is 0 Å². The molecule has 0 atom stereocenters. The van der Waals surface area contributed by atoms with Crippen LogP contribution in [0.1, 0.15) is 20.8 Å². The lowest BCUT2D eigenvalue weighted by atomic mass is 10.2. The van der Waals surface area contributed by atoms with Crippen molar-refractivity contribution in [3.05, 3.63) is 46.2 Å². The van der Waals surface area contributed by atoms with Gasteiger partial charge in [0.1, 0.15) is 0 Å². The zero-order valence-corrected chi connectivity index (χ0v) is 11.5. The topological polar surface area (TPSA) is 84.1 Å². The van der Waals surface area contributed by atoms with Gasteiger partial charge in [0.05, 0.1) is 24.6 Å². The van der Waals surface area contributed by atoms with Crippen molar-refractivity contribution >= 4 is 33.5 Å². The van der Waals surface area contributed by atoms with Crippen molar-refractivity contribution in [2.45, 2.75) is 0 Å². The van der Waals surface area contributed by atoms with Gasteiger partial charge in [-0.05, 0) is 28.1 Å². The Bertz CT molecular complexity index is 624. The van der Waals surface area contributed by atoms with Crippen molar-refractivity contribution in [3.8, 4) is 0 Å². The monoisotopic (exact) mass is 323 g/mol. The van der Waals surface area contributed by atoms with Gasteiger partial charge in [0.15, 0.2) is 5.69 Å². The van der Waals surface area contributed by atoms with E-state index in [1.54, 1.807) is 24.3 Å². The highest BCUT2D eigenvalue weighted by atomic mass is 79.9. The second-order valence-corrected chi connectivity index (χ2v) is 4.44. The number of carbonyl (C=O) groups is 2. The summed E-state index contributed by atoms with van der Waals surface area (Å²) < 4.78 is 5.24. The molecule has 6 nitrogen and oxygen atoms in total. The second-order valence-electron chi connectivity index (χ2n) is 3.58. The number of H-pyrrole nitrogens is 1. The third-order valence-corrected chi connectivity index (χ3v) is 3.09. The molecule has 98 valence electrons. The zero-order chi connectivity index (χ0) is 13.8. The molecule has 0 aliphatic rings. The molecule has 1 amide bonds. The van der Waals surface area contributed by atoms with Crippen molar-refractivity contribution in [2.24, 2.45) is 0 Å². The fourth-order valence-corrected chi connectivity index (χ4v) is 1.94. The van der Waals surface area contributed by atoms with Gasteiger partial charge in [0.25, 0.3) is 5.91 Å². The van der Waals surface area contributed by atoms with Crippen LogP contribution in [0.5, 0.6) is 0 Å². The molecule has 0 bridgehead atoms. The number of carbonyl (C=O) groups excluding carboxylic acids is 2. The van der Waals surface area contributed by atoms with Gasteiger partial charge in [-0.2, -0.15) is 5.10 Å². The van der Waals surface area contributed by atoms with Crippen LogP contribution in [0.3, 0.4) is 0 Å². The highest BCUT2D eigenvalue weighted by Crippen LogP contribution is 2.19. The normalized spacial score (nSPS) is 10.0. The molecule has 1 aromatic carbocycles. The Hall–Kier alpha value is -2.15. The summed E-state index contributed by atoms with van der Waals surface area (Å²) in [5.74, 6) is -0.945. The minimum atomic E-state index is -0.597. The number of rotatable bonds is 3. The lowest BCUT2D eigenvalue weighted by Crippen LogP contribution is -2.15. The van der Waals surface area contributed by atoms with Crippen molar-refractivity contribution in [2.75, 3.05) is 12.4 Å². The summed E-state index contributed by atoms with van der Waals surface area (Å²) in [6.45, 7) is 0. The smallest absolute Gasteiger partial charge is 0.358 e. The van der Waals surface area contributed by atoms with E-state index in [9.17, 15) is 9.59 Å². The largest absolute Gasteiger partial charge is 0.464 e. The maximum atomic E-state index is 12.1. The molecule has 0 radical (unpaired) electrons. The second kappa shape index (κ2) is 5.66. The number of anilines is 1. The molecule has 7 heteroatoms. The number of nitrogens with zero attached hydrogens (tertiary/aromatic N) is 1. The van der Waals surface area contributed by atoms with Crippen molar-refractivity contribution in [1.29, 1.82) is 0 Å².